The number of rotatable bonds is 4. The average Bonchev–Trinajstić information content (AvgIpc) is 2.44. The highest BCUT2D eigenvalue weighted by atomic mass is 14.9. The zero-order valence-electron chi connectivity index (χ0n) is 13.3. The maximum absolute atomic E-state index is 3.74. The largest absolute Gasteiger partial charge is 0.382 e. The molecule has 2 aromatic rings. The van der Waals surface area contributed by atoms with Crippen molar-refractivity contribution in [1.29, 1.82) is 0 Å². The summed E-state index contributed by atoms with van der Waals surface area (Å²) in [5, 5.41) is 3.74. The monoisotopic (exact) mass is 279 g/mol. The summed E-state index contributed by atoms with van der Waals surface area (Å²) in [5.74, 6) is 1.30. The van der Waals surface area contributed by atoms with Crippen molar-refractivity contribution in [3.63, 3.8) is 0 Å². The highest BCUT2D eigenvalue weighted by Crippen LogP contribution is 2.39. The highest BCUT2D eigenvalue weighted by Gasteiger charge is 2.30. The first kappa shape index (κ1) is 14.2. The van der Waals surface area contributed by atoms with Crippen LogP contribution in [0, 0.1) is 6.92 Å². The number of hydrogen-bond donors (Lipinski definition) is 1. The van der Waals surface area contributed by atoms with E-state index >= 15 is 0 Å². The second-order valence-corrected chi connectivity index (χ2v) is 6.66. The minimum Gasteiger partial charge on any atom is -0.382 e. The smallest absolute Gasteiger partial charge is 0.0377 e. The maximum atomic E-state index is 3.74. The average molecular weight is 279 g/mol. The minimum atomic E-state index is 0.571. The van der Waals surface area contributed by atoms with Crippen LogP contribution >= 0.6 is 0 Å². The molecule has 1 aliphatic carbocycles. The molecular formula is C20H25N. The Morgan fingerprint density at radius 3 is 2.29 bits per heavy atom. The fourth-order valence-electron chi connectivity index (χ4n) is 3.20. The SMILES string of the molecule is Cc1ccc(C2CC(Nc3ccccc3C(C)C)C2)cc1. The summed E-state index contributed by atoms with van der Waals surface area (Å²) < 4.78 is 0. The Labute approximate surface area is 128 Å². The Morgan fingerprint density at radius 2 is 1.62 bits per heavy atom. The zero-order chi connectivity index (χ0) is 14.8. The van der Waals surface area contributed by atoms with E-state index in [1.807, 2.05) is 0 Å². The molecule has 0 aromatic heterocycles. The quantitative estimate of drug-likeness (QED) is 0.781. The molecule has 1 aliphatic rings. The van der Waals surface area contributed by atoms with E-state index in [4.69, 9.17) is 0 Å². The summed E-state index contributed by atoms with van der Waals surface area (Å²) in [7, 11) is 0. The first-order valence-corrected chi connectivity index (χ1v) is 8.05. The van der Waals surface area contributed by atoms with Crippen molar-refractivity contribution in [2.45, 2.75) is 51.5 Å². The molecule has 2 aromatic carbocycles. The first-order valence-electron chi connectivity index (χ1n) is 8.05. The molecule has 0 spiro atoms. The van der Waals surface area contributed by atoms with Crippen molar-refractivity contribution in [2.24, 2.45) is 0 Å². The van der Waals surface area contributed by atoms with Crippen molar-refractivity contribution in [3.8, 4) is 0 Å². The number of hydrogen-bond acceptors (Lipinski definition) is 1. The number of aryl methyl sites for hydroxylation is 1. The predicted octanol–water partition coefficient (Wildman–Crippen LogP) is 5.48. The summed E-state index contributed by atoms with van der Waals surface area (Å²) >= 11 is 0. The van der Waals surface area contributed by atoms with E-state index in [2.05, 4.69) is 74.6 Å². The van der Waals surface area contributed by atoms with Gasteiger partial charge in [0.05, 0.1) is 0 Å². The zero-order valence-corrected chi connectivity index (χ0v) is 13.3. The molecule has 1 fully saturated rings. The molecule has 1 heteroatoms. The molecule has 1 N–H and O–H groups in total. The van der Waals surface area contributed by atoms with Gasteiger partial charge in [-0.2, -0.15) is 0 Å². The molecule has 0 unspecified atom stereocenters. The molecule has 110 valence electrons. The lowest BCUT2D eigenvalue weighted by atomic mass is 9.75. The van der Waals surface area contributed by atoms with Crippen LogP contribution in [0.2, 0.25) is 0 Å². The van der Waals surface area contributed by atoms with Gasteiger partial charge in [-0.1, -0.05) is 61.9 Å². The number of anilines is 1. The van der Waals surface area contributed by atoms with Crippen LogP contribution in [0.15, 0.2) is 48.5 Å². The van der Waals surface area contributed by atoms with E-state index in [0.717, 1.165) is 5.92 Å². The van der Waals surface area contributed by atoms with Crippen LogP contribution in [-0.4, -0.2) is 6.04 Å². The van der Waals surface area contributed by atoms with Gasteiger partial charge in [-0.15, -0.1) is 0 Å². The summed E-state index contributed by atoms with van der Waals surface area (Å²) in [6.45, 7) is 6.67. The molecule has 0 amide bonds. The van der Waals surface area contributed by atoms with Gasteiger partial charge in [-0.25, -0.2) is 0 Å². The lowest BCUT2D eigenvalue weighted by molar-refractivity contribution is 0.374. The molecule has 21 heavy (non-hydrogen) atoms. The van der Waals surface area contributed by atoms with Crippen LogP contribution < -0.4 is 5.32 Å². The number of nitrogens with one attached hydrogen (secondary N) is 1. The van der Waals surface area contributed by atoms with Crippen LogP contribution in [0.1, 0.15) is 55.2 Å². The van der Waals surface area contributed by atoms with Crippen molar-refractivity contribution in [3.05, 3.63) is 65.2 Å². The van der Waals surface area contributed by atoms with E-state index in [0.29, 0.717) is 12.0 Å². The van der Waals surface area contributed by atoms with Crippen molar-refractivity contribution < 1.29 is 0 Å². The second-order valence-electron chi connectivity index (χ2n) is 6.66. The van der Waals surface area contributed by atoms with Gasteiger partial charge < -0.3 is 5.32 Å². The normalized spacial score (nSPS) is 21.1. The molecule has 0 saturated heterocycles. The van der Waals surface area contributed by atoms with Crippen molar-refractivity contribution in [2.75, 3.05) is 5.32 Å². The van der Waals surface area contributed by atoms with Crippen LogP contribution in [0.4, 0.5) is 5.69 Å². The van der Waals surface area contributed by atoms with Gasteiger partial charge in [-0.05, 0) is 48.8 Å². The Bertz CT molecular complexity index is 591. The predicted molar refractivity (Wildman–Crippen MR) is 91.1 cm³/mol. The van der Waals surface area contributed by atoms with E-state index in [1.54, 1.807) is 0 Å². The summed E-state index contributed by atoms with van der Waals surface area (Å²) in [6, 6.07) is 18.4. The fourth-order valence-corrected chi connectivity index (χ4v) is 3.20. The van der Waals surface area contributed by atoms with Crippen molar-refractivity contribution in [1.82, 2.24) is 0 Å². The van der Waals surface area contributed by atoms with E-state index in [9.17, 15) is 0 Å². The van der Waals surface area contributed by atoms with E-state index in [-0.39, 0.29) is 0 Å². The Morgan fingerprint density at radius 1 is 0.952 bits per heavy atom. The highest BCUT2D eigenvalue weighted by molar-refractivity contribution is 5.53. The molecule has 1 saturated carbocycles. The Balaban J connectivity index is 1.61. The van der Waals surface area contributed by atoms with Crippen molar-refractivity contribution >= 4 is 5.69 Å². The molecule has 1 nitrogen and oxygen atoms in total. The summed E-state index contributed by atoms with van der Waals surface area (Å²) in [5.41, 5.74) is 5.59. The van der Waals surface area contributed by atoms with Gasteiger partial charge in [0.25, 0.3) is 0 Å². The molecular weight excluding hydrogens is 254 g/mol. The topological polar surface area (TPSA) is 12.0 Å². The Hall–Kier alpha value is -1.76. The lowest BCUT2D eigenvalue weighted by Gasteiger charge is -2.37. The fraction of sp³-hybridized carbons (Fsp3) is 0.400. The van der Waals surface area contributed by atoms with Crippen LogP contribution in [0.5, 0.6) is 0 Å². The van der Waals surface area contributed by atoms with Gasteiger partial charge in [0.15, 0.2) is 0 Å². The summed E-state index contributed by atoms with van der Waals surface area (Å²) in [4.78, 5) is 0. The third kappa shape index (κ3) is 3.12. The molecule has 0 bridgehead atoms. The van der Waals surface area contributed by atoms with E-state index in [1.165, 1.54) is 35.2 Å². The van der Waals surface area contributed by atoms with Gasteiger partial charge in [0.1, 0.15) is 0 Å². The second kappa shape index (κ2) is 5.93. The molecule has 0 radical (unpaired) electrons. The van der Waals surface area contributed by atoms with Gasteiger partial charge in [0, 0.05) is 11.7 Å². The molecule has 0 heterocycles. The lowest BCUT2D eigenvalue weighted by Crippen LogP contribution is -2.34. The third-order valence-electron chi connectivity index (χ3n) is 4.63. The van der Waals surface area contributed by atoms with Gasteiger partial charge >= 0.3 is 0 Å². The Kier molecular flexibility index (Phi) is 4.01. The standard InChI is InChI=1S/C20H25N/c1-14(2)19-6-4-5-7-20(19)21-18-12-17(13-18)16-10-8-15(3)9-11-16/h4-11,14,17-18,21H,12-13H2,1-3H3. The van der Waals surface area contributed by atoms with Gasteiger partial charge in [-0.3, -0.25) is 0 Å². The van der Waals surface area contributed by atoms with Crippen LogP contribution in [-0.2, 0) is 0 Å². The van der Waals surface area contributed by atoms with Gasteiger partial charge in [0.2, 0.25) is 0 Å². The molecule has 3 rings (SSSR count). The minimum absolute atomic E-state index is 0.571. The first-order chi connectivity index (χ1) is 10.1. The number of para-hydroxylation sites is 1. The number of benzene rings is 2. The third-order valence-corrected chi connectivity index (χ3v) is 4.63. The molecule has 0 aliphatic heterocycles. The molecule has 0 atom stereocenters. The summed E-state index contributed by atoms with van der Waals surface area (Å²) in [6.07, 6.45) is 2.49. The maximum Gasteiger partial charge on any atom is 0.0377 e. The van der Waals surface area contributed by atoms with E-state index < -0.39 is 0 Å². The van der Waals surface area contributed by atoms with Crippen LogP contribution in [0.3, 0.4) is 0 Å². The van der Waals surface area contributed by atoms with Crippen LogP contribution in [0.25, 0.3) is 0 Å².